The van der Waals surface area contributed by atoms with E-state index in [1.54, 1.807) is 5.38 Å². The molecule has 1 aliphatic rings. The van der Waals surface area contributed by atoms with Crippen LogP contribution in [0.3, 0.4) is 0 Å². The zero-order valence-corrected chi connectivity index (χ0v) is 16.3. The summed E-state index contributed by atoms with van der Waals surface area (Å²) in [5.74, 6) is -2.20. The Balaban J connectivity index is 1.66. The molecule has 0 radical (unpaired) electrons. The van der Waals surface area contributed by atoms with E-state index >= 15 is 0 Å². The average molecular weight is 420 g/mol. The second-order valence-electron chi connectivity index (χ2n) is 6.40. The molecule has 11 heteroatoms. The summed E-state index contributed by atoms with van der Waals surface area (Å²) in [6.45, 7) is 0.964. The molecule has 0 bridgehead atoms. The van der Waals surface area contributed by atoms with E-state index in [-0.39, 0.29) is 11.6 Å². The van der Waals surface area contributed by atoms with E-state index in [2.05, 4.69) is 20.4 Å². The number of aromatic nitrogens is 1. The Hall–Kier alpha value is -3.34. The van der Waals surface area contributed by atoms with Crippen LogP contribution in [-0.4, -0.2) is 47.4 Å². The first kappa shape index (κ1) is 20.4. The minimum absolute atomic E-state index is 0.0358. The van der Waals surface area contributed by atoms with Crippen molar-refractivity contribution in [2.75, 3.05) is 19.0 Å². The number of thiazole rings is 1. The number of halogens is 1. The summed E-state index contributed by atoms with van der Waals surface area (Å²) in [6, 6.07) is 4.43. The van der Waals surface area contributed by atoms with Crippen molar-refractivity contribution in [1.29, 1.82) is 0 Å². The van der Waals surface area contributed by atoms with Crippen LogP contribution in [-0.2, 0) is 31.1 Å². The Morgan fingerprint density at radius 1 is 1.31 bits per heavy atom. The summed E-state index contributed by atoms with van der Waals surface area (Å²) in [4.78, 5) is 53.4. The van der Waals surface area contributed by atoms with Crippen LogP contribution in [0.4, 0.5) is 14.3 Å². The fraction of sp³-hybridized carbons (Fsp3) is 0.278. The number of hydrogen-bond acceptors (Lipinski definition) is 7. The van der Waals surface area contributed by atoms with Gasteiger partial charge in [-0.05, 0) is 24.6 Å². The van der Waals surface area contributed by atoms with Crippen molar-refractivity contribution < 1.29 is 28.3 Å². The number of rotatable bonds is 6. The number of benzene rings is 1. The normalized spacial score (nSPS) is 18.5. The molecule has 1 fully saturated rings. The second-order valence-corrected chi connectivity index (χ2v) is 7.26. The van der Waals surface area contributed by atoms with Crippen LogP contribution >= 0.6 is 11.3 Å². The Morgan fingerprint density at radius 2 is 2.00 bits per heavy atom. The molecular weight excluding hydrogens is 403 g/mol. The Morgan fingerprint density at radius 3 is 2.66 bits per heavy atom. The van der Waals surface area contributed by atoms with Gasteiger partial charge in [-0.15, -0.1) is 11.3 Å². The fourth-order valence-corrected chi connectivity index (χ4v) is 3.51. The van der Waals surface area contributed by atoms with Crippen molar-refractivity contribution in [2.24, 2.45) is 0 Å². The molecule has 1 unspecified atom stereocenters. The summed E-state index contributed by atoms with van der Waals surface area (Å²) < 4.78 is 17.7. The van der Waals surface area contributed by atoms with E-state index in [0.717, 1.165) is 16.2 Å². The van der Waals surface area contributed by atoms with Gasteiger partial charge in [0.05, 0.1) is 19.2 Å². The third-order valence-electron chi connectivity index (χ3n) is 4.35. The molecule has 1 atom stereocenters. The molecule has 1 aliphatic heterocycles. The van der Waals surface area contributed by atoms with Gasteiger partial charge in [0.2, 0.25) is 5.91 Å². The lowest BCUT2D eigenvalue weighted by Crippen LogP contribution is -2.42. The predicted octanol–water partition coefficient (Wildman–Crippen LogP) is 1.40. The summed E-state index contributed by atoms with van der Waals surface area (Å²) in [5, 5.41) is 6.84. The third kappa shape index (κ3) is 4.24. The maximum Gasteiger partial charge on any atom is 0.325 e. The minimum Gasteiger partial charge on any atom is -0.469 e. The first-order valence-corrected chi connectivity index (χ1v) is 9.32. The van der Waals surface area contributed by atoms with Gasteiger partial charge in [0.25, 0.3) is 5.91 Å². The lowest BCUT2D eigenvalue weighted by atomic mass is 9.92. The number of nitrogens with zero attached hydrogens (tertiary/aromatic N) is 2. The van der Waals surface area contributed by atoms with E-state index in [1.165, 1.54) is 38.3 Å². The van der Waals surface area contributed by atoms with E-state index < -0.39 is 41.7 Å². The van der Waals surface area contributed by atoms with Crippen molar-refractivity contribution in [1.82, 2.24) is 15.2 Å². The quantitative estimate of drug-likeness (QED) is 0.539. The van der Waals surface area contributed by atoms with Crippen molar-refractivity contribution in [3.05, 3.63) is 46.7 Å². The number of esters is 1. The van der Waals surface area contributed by atoms with Crippen LogP contribution < -0.4 is 10.6 Å². The SMILES string of the molecule is COC(=O)Cc1csc(NC(=O)CN2C(=O)NC(C)(c3ccc(F)cc3)C2=O)n1. The lowest BCUT2D eigenvalue weighted by Gasteiger charge is -2.22. The topological polar surface area (TPSA) is 118 Å². The molecule has 0 spiro atoms. The Bertz CT molecular complexity index is 977. The van der Waals surface area contributed by atoms with E-state index in [9.17, 15) is 23.6 Å². The Labute approximate surface area is 168 Å². The molecule has 4 amide bonds. The predicted molar refractivity (Wildman–Crippen MR) is 100 cm³/mol. The number of amides is 4. The fourth-order valence-electron chi connectivity index (χ4n) is 2.79. The van der Waals surface area contributed by atoms with Crippen LogP contribution in [0, 0.1) is 5.82 Å². The largest absolute Gasteiger partial charge is 0.469 e. The number of urea groups is 1. The van der Waals surface area contributed by atoms with E-state index in [0.29, 0.717) is 11.3 Å². The van der Waals surface area contributed by atoms with Gasteiger partial charge in [0.1, 0.15) is 17.9 Å². The minimum atomic E-state index is -1.40. The average Bonchev–Trinajstić information content (AvgIpc) is 3.20. The lowest BCUT2D eigenvalue weighted by molar-refractivity contribution is -0.139. The van der Waals surface area contributed by atoms with Gasteiger partial charge in [-0.3, -0.25) is 19.3 Å². The zero-order valence-electron chi connectivity index (χ0n) is 15.5. The molecule has 0 aliphatic carbocycles. The highest BCUT2D eigenvalue weighted by Gasteiger charge is 2.49. The molecule has 29 heavy (non-hydrogen) atoms. The van der Waals surface area contributed by atoms with Crippen molar-refractivity contribution >= 4 is 40.3 Å². The molecule has 2 heterocycles. The molecule has 152 valence electrons. The third-order valence-corrected chi connectivity index (χ3v) is 5.16. The standard InChI is InChI=1S/C18H17FN4O5S/c1-18(10-3-5-11(19)6-4-10)15(26)23(17(27)22-18)8-13(24)21-16-20-12(9-29-16)7-14(25)28-2/h3-6,9H,7-8H2,1-2H3,(H,22,27)(H,20,21,24). The van der Waals surface area contributed by atoms with Gasteiger partial charge in [-0.1, -0.05) is 12.1 Å². The molecule has 1 saturated heterocycles. The summed E-state index contributed by atoms with van der Waals surface area (Å²) in [6.07, 6.45) is -0.0358. The maximum atomic E-state index is 13.2. The van der Waals surface area contributed by atoms with Crippen LogP contribution in [0.25, 0.3) is 0 Å². The van der Waals surface area contributed by atoms with E-state index in [1.807, 2.05) is 0 Å². The van der Waals surface area contributed by atoms with Gasteiger partial charge >= 0.3 is 12.0 Å². The number of anilines is 1. The first-order valence-electron chi connectivity index (χ1n) is 8.44. The number of carbonyl (C=O) groups excluding carboxylic acids is 4. The number of methoxy groups -OCH3 is 1. The first-order chi connectivity index (χ1) is 13.7. The molecule has 2 aromatic rings. The number of ether oxygens (including phenoxy) is 1. The summed E-state index contributed by atoms with van der Waals surface area (Å²) in [7, 11) is 1.26. The van der Waals surface area contributed by atoms with Crippen molar-refractivity contribution in [2.45, 2.75) is 18.9 Å². The van der Waals surface area contributed by atoms with Crippen LogP contribution in [0.5, 0.6) is 0 Å². The highest BCUT2D eigenvalue weighted by Crippen LogP contribution is 2.29. The number of carbonyl (C=O) groups is 4. The zero-order chi connectivity index (χ0) is 21.2. The molecule has 9 nitrogen and oxygen atoms in total. The summed E-state index contributed by atoms with van der Waals surface area (Å²) in [5.41, 5.74) is -0.580. The monoisotopic (exact) mass is 420 g/mol. The van der Waals surface area contributed by atoms with Gasteiger partial charge in [0, 0.05) is 5.38 Å². The highest BCUT2D eigenvalue weighted by atomic mass is 32.1. The van der Waals surface area contributed by atoms with Gasteiger partial charge in [0.15, 0.2) is 5.13 Å². The van der Waals surface area contributed by atoms with Crippen LogP contribution in [0.15, 0.2) is 29.6 Å². The molecule has 1 aromatic carbocycles. The highest BCUT2D eigenvalue weighted by molar-refractivity contribution is 7.13. The molecule has 1 aromatic heterocycles. The van der Waals surface area contributed by atoms with Gasteiger partial charge < -0.3 is 15.4 Å². The van der Waals surface area contributed by atoms with Crippen LogP contribution in [0.1, 0.15) is 18.2 Å². The van der Waals surface area contributed by atoms with E-state index in [4.69, 9.17) is 0 Å². The Kier molecular flexibility index (Phi) is 5.59. The molecule has 3 rings (SSSR count). The number of imide groups is 1. The number of nitrogens with one attached hydrogen (secondary N) is 2. The van der Waals surface area contributed by atoms with Crippen molar-refractivity contribution in [3.8, 4) is 0 Å². The smallest absolute Gasteiger partial charge is 0.325 e. The maximum absolute atomic E-state index is 13.2. The molecule has 0 saturated carbocycles. The van der Waals surface area contributed by atoms with Gasteiger partial charge in [-0.25, -0.2) is 14.2 Å². The van der Waals surface area contributed by atoms with Crippen molar-refractivity contribution in [3.63, 3.8) is 0 Å². The van der Waals surface area contributed by atoms with Crippen LogP contribution in [0.2, 0.25) is 0 Å². The number of hydrogen-bond donors (Lipinski definition) is 2. The molecular formula is C18H17FN4O5S. The van der Waals surface area contributed by atoms with Gasteiger partial charge in [-0.2, -0.15) is 0 Å². The molecule has 2 N–H and O–H groups in total. The second kappa shape index (κ2) is 7.95. The summed E-state index contributed by atoms with van der Waals surface area (Å²) >= 11 is 1.10.